The zero-order valence-electron chi connectivity index (χ0n) is 15.3. The Hall–Kier alpha value is -3.48. The largest absolute Gasteiger partial charge is 0.356 e. The number of hydrogen-bond acceptors (Lipinski definition) is 4. The molecule has 28 heavy (non-hydrogen) atoms. The number of benzene rings is 1. The molecule has 0 saturated heterocycles. The molecule has 1 aliphatic rings. The Morgan fingerprint density at radius 1 is 1.00 bits per heavy atom. The predicted molar refractivity (Wildman–Crippen MR) is 103 cm³/mol. The minimum Gasteiger partial charge on any atom is -0.356 e. The van der Waals surface area contributed by atoms with Crippen molar-refractivity contribution in [2.45, 2.75) is 19.3 Å². The van der Waals surface area contributed by atoms with E-state index in [-0.39, 0.29) is 30.7 Å². The average molecular weight is 376 g/mol. The molecule has 0 radical (unpaired) electrons. The number of fused-ring (bicyclic) bond motifs is 2. The number of aromatic nitrogens is 2. The second kappa shape index (κ2) is 7.64. The van der Waals surface area contributed by atoms with E-state index in [1.54, 1.807) is 30.5 Å². The van der Waals surface area contributed by atoms with E-state index in [0.717, 1.165) is 11.3 Å². The molecular formula is C21H20N4O3. The van der Waals surface area contributed by atoms with E-state index in [9.17, 15) is 14.4 Å². The fourth-order valence-corrected chi connectivity index (χ4v) is 3.43. The van der Waals surface area contributed by atoms with Crippen LogP contribution < -0.4 is 5.32 Å². The van der Waals surface area contributed by atoms with E-state index >= 15 is 0 Å². The van der Waals surface area contributed by atoms with Gasteiger partial charge in [0.2, 0.25) is 5.91 Å². The van der Waals surface area contributed by atoms with Gasteiger partial charge in [0.05, 0.1) is 22.8 Å². The van der Waals surface area contributed by atoms with E-state index in [1.165, 1.54) is 4.90 Å². The molecule has 3 amide bonds. The summed E-state index contributed by atoms with van der Waals surface area (Å²) in [5, 5.41) is 2.87. The SMILES string of the molecule is O=C(CCCN1C(=O)c2ccccc2C1=O)NCCc1ncc2ccccn12. The van der Waals surface area contributed by atoms with Gasteiger partial charge in [-0.2, -0.15) is 0 Å². The van der Waals surface area contributed by atoms with E-state index in [4.69, 9.17) is 0 Å². The predicted octanol–water partition coefficient (Wildman–Crippen LogP) is 2.07. The number of rotatable bonds is 7. The van der Waals surface area contributed by atoms with Crippen LogP contribution in [0.4, 0.5) is 0 Å². The second-order valence-electron chi connectivity index (χ2n) is 6.68. The summed E-state index contributed by atoms with van der Waals surface area (Å²) >= 11 is 0. The standard InChI is InChI=1S/C21H20N4O3/c26-19(22-11-10-18-23-14-15-6-3-4-12-24(15)18)9-5-13-25-20(27)16-7-1-2-8-17(16)21(25)28/h1-4,6-8,12,14H,5,9-11,13H2,(H,22,26). The van der Waals surface area contributed by atoms with Crippen LogP contribution in [0.15, 0.2) is 54.9 Å². The Morgan fingerprint density at radius 2 is 1.71 bits per heavy atom. The van der Waals surface area contributed by atoms with Crippen LogP contribution in [-0.4, -0.2) is 45.1 Å². The Morgan fingerprint density at radius 3 is 2.46 bits per heavy atom. The van der Waals surface area contributed by atoms with Crippen LogP contribution in [0.3, 0.4) is 0 Å². The van der Waals surface area contributed by atoms with Crippen LogP contribution in [-0.2, 0) is 11.2 Å². The van der Waals surface area contributed by atoms with Crippen molar-refractivity contribution in [1.82, 2.24) is 19.6 Å². The summed E-state index contributed by atoms with van der Waals surface area (Å²) in [5.74, 6) is 0.221. The molecule has 0 saturated carbocycles. The summed E-state index contributed by atoms with van der Waals surface area (Å²) in [6.07, 6.45) is 5.07. The molecule has 0 atom stereocenters. The van der Waals surface area contributed by atoms with Crippen molar-refractivity contribution < 1.29 is 14.4 Å². The fourth-order valence-electron chi connectivity index (χ4n) is 3.43. The Kier molecular flexibility index (Phi) is 4.89. The highest BCUT2D eigenvalue weighted by Crippen LogP contribution is 2.22. The molecule has 142 valence electrons. The minimum atomic E-state index is -0.285. The van der Waals surface area contributed by atoms with Crippen molar-refractivity contribution in [3.63, 3.8) is 0 Å². The van der Waals surface area contributed by atoms with E-state index in [0.29, 0.717) is 30.5 Å². The van der Waals surface area contributed by atoms with Gasteiger partial charge in [0.25, 0.3) is 11.8 Å². The van der Waals surface area contributed by atoms with Gasteiger partial charge in [0.15, 0.2) is 0 Å². The van der Waals surface area contributed by atoms with Gasteiger partial charge < -0.3 is 9.72 Å². The van der Waals surface area contributed by atoms with Crippen LogP contribution in [0, 0.1) is 0 Å². The number of nitrogens with one attached hydrogen (secondary N) is 1. The molecular weight excluding hydrogens is 356 g/mol. The van der Waals surface area contributed by atoms with Crippen molar-refractivity contribution in [2.24, 2.45) is 0 Å². The smallest absolute Gasteiger partial charge is 0.261 e. The lowest BCUT2D eigenvalue weighted by atomic mass is 10.1. The first-order valence-corrected chi connectivity index (χ1v) is 9.28. The summed E-state index contributed by atoms with van der Waals surface area (Å²) in [5.41, 5.74) is 1.89. The molecule has 0 spiro atoms. The zero-order chi connectivity index (χ0) is 19.5. The molecule has 1 aliphatic heterocycles. The number of carbonyl (C=O) groups is 3. The van der Waals surface area contributed by atoms with Crippen LogP contribution in [0.1, 0.15) is 39.4 Å². The van der Waals surface area contributed by atoms with E-state index in [2.05, 4.69) is 10.3 Å². The summed E-state index contributed by atoms with van der Waals surface area (Å²) < 4.78 is 1.99. The Labute approximate surface area is 162 Å². The zero-order valence-corrected chi connectivity index (χ0v) is 15.3. The van der Waals surface area contributed by atoms with Crippen LogP contribution >= 0.6 is 0 Å². The Bertz CT molecular complexity index is 1020. The number of imide groups is 1. The number of carbonyl (C=O) groups excluding carboxylic acids is 3. The third-order valence-corrected chi connectivity index (χ3v) is 4.85. The van der Waals surface area contributed by atoms with Crippen molar-refractivity contribution in [2.75, 3.05) is 13.1 Å². The molecule has 0 unspecified atom stereocenters. The number of amides is 3. The first-order chi connectivity index (χ1) is 13.6. The summed E-state index contributed by atoms with van der Waals surface area (Å²) in [4.78, 5) is 42.2. The number of pyridine rings is 1. The molecule has 1 aromatic carbocycles. The normalized spacial score (nSPS) is 13.2. The lowest BCUT2D eigenvalue weighted by Gasteiger charge is -2.13. The molecule has 7 nitrogen and oxygen atoms in total. The van der Waals surface area contributed by atoms with Crippen LogP contribution in [0.5, 0.6) is 0 Å². The molecule has 7 heteroatoms. The highest BCUT2D eigenvalue weighted by atomic mass is 16.2. The maximum atomic E-state index is 12.3. The maximum absolute atomic E-state index is 12.3. The van der Waals surface area contributed by atoms with Gasteiger partial charge in [-0.25, -0.2) is 4.98 Å². The molecule has 0 bridgehead atoms. The molecule has 0 aliphatic carbocycles. The molecule has 3 heterocycles. The number of imidazole rings is 1. The summed E-state index contributed by atoms with van der Waals surface area (Å²) in [6, 6.07) is 12.7. The van der Waals surface area contributed by atoms with Crippen molar-refractivity contribution >= 4 is 23.2 Å². The summed E-state index contributed by atoms with van der Waals surface area (Å²) in [7, 11) is 0. The van der Waals surface area contributed by atoms with Gasteiger partial charge in [-0.05, 0) is 30.7 Å². The van der Waals surface area contributed by atoms with Crippen LogP contribution in [0.2, 0.25) is 0 Å². The van der Waals surface area contributed by atoms with Crippen molar-refractivity contribution in [1.29, 1.82) is 0 Å². The molecule has 3 aromatic rings. The highest BCUT2D eigenvalue weighted by Gasteiger charge is 2.34. The number of hydrogen-bond donors (Lipinski definition) is 1. The molecule has 2 aromatic heterocycles. The lowest BCUT2D eigenvalue weighted by Crippen LogP contribution is -2.32. The van der Waals surface area contributed by atoms with Gasteiger partial charge in [0.1, 0.15) is 5.82 Å². The maximum Gasteiger partial charge on any atom is 0.261 e. The van der Waals surface area contributed by atoms with E-state index < -0.39 is 0 Å². The number of nitrogens with zero attached hydrogens (tertiary/aromatic N) is 3. The Balaban J connectivity index is 1.22. The second-order valence-corrected chi connectivity index (χ2v) is 6.68. The monoisotopic (exact) mass is 376 g/mol. The highest BCUT2D eigenvalue weighted by molar-refractivity contribution is 6.21. The van der Waals surface area contributed by atoms with Gasteiger partial charge in [-0.1, -0.05) is 18.2 Å². The third kappa shape index (κ3) is 3.38. The molecule has 1 N–H and O–H groups in total. The third-order valence-electron chi connectivity index (χ3n) is 4.85. The van der Waals surface area contributed by atoms with Gasteiger partial charge in [-0.3, -0.25) is 19.3 Å². The first-order valence-electron chi connectivity index (χ1n) is 9.28. The first kappa shape index (κ1) is 17.9. The quantitative estimate of drug-likeness (QED) is 0.640. The fraction of sp³-hybridized carbons (Fsp3) is 0.238. The van der Waals surface area contributed by atoms with E-state index in [1.807, 2.05) is 28.8 Å². The minimum absolute atomic E-state index is 0.0996. The van der Waals surface area contributed by atoms with Gasteiger partial charge >= 0.3 is 0 Å². The summed E-state index contributed by atoms with van der Waals surface area (Å²) in [6.45, 7) is 0.727. The van der Waals surface area contributed by atoms with Crippen molar-refractivity contribution in [3.05, 3.63) is 71.8 Å². The van der Waals surface area contributed by atoms with Crippen molar-refractivity contribution in [3.8, 4) is 0 Å². The molecule has 4 rings (SSSR count). The van der Waals surface area contributed by atoms with Gasteiger partial charge in [0, 0.05) is 32.1 Å². The molecule has 0 fully saturated rings. The average Bonchev–Trinajstić information content (AvgIpc) is 3.23. The van der Waals surface area contributed by atoms with Gasteiger partial charge in [-0.15, -0.1) is 0 Å². The lowest BCUT2D eigenvalue weighted by molar-refractivity contribution is -0.121. The van der Waals surface area contributed by atoms with Crippen LogP contribution in [0.25, 0.3) is 5.52 Å². The topological polar surface area (TPSA) is 83.8 Å².